The zero-order valence-electron chi connectivity index (χ0n) is 11.6. The van der Waals surface area contributed by atoms with E-state index in [-0.39, 0.29) is 18.3 Å². The Morgan fingerprint density at radius 3 is 2.95 bits per heavy atom. The second kappa shape index (κ2) is 6.34. The van der Waals surface area contributed by atoms with Crippen molar-refractivity contribution in [1.82, 2.24) is 19.8 Å². The summed E-state index contributed by atoms with van der Waals surface area (Å²) in [7, 11) is 0. The molecule has 0 radical (unpaired) electrons. The molecule has 6 nitrogen and oxygen atoms in total. The van der Waals surface area contributed by atoms with Gasteiger partial charge in [-0.1, -0.05) is 13.2 Å². The molecule has 0 aromatic carbocycles. The molecule has 1 fully saturated rings. The molecule has 0 unspecified atom stereocenters. The molecule has 0 bridgehead atoms. The number of halogens is 1. The lowest BCUT2D eigenvalue weighted by Gasteiger charge is -2.18. The van der Waals surface area contributed by atoms with Gasteiger partial charge in [0.1, 0.15) is 6.04 Å². The molecule has 2 heterocycles. The summed E-state index contributed by atoms with van der Waals surface area (Å²) in [6.07, 6.45) is 5.13. The molecule has 112 valence electrons. The molecule has 0 aliphatic carbocycles. The highest BCUT2D eigenvalue weighted by atomic mass is 19.1. The molecule has 1 aliphatic rings. The van der Waals surface area contributed by atoms with Crippen LogP contribution in [0.15, 0.2) is 19.4 Å². The predicted molar refractivity (Wildman–Crippen MR) is 76.4 cm³/mol. The molecule has 1 saturated heterocycles. The summed E-state index contributed by atoms with van der Waals surface area (Å²) in [5.41, 5.74) is 0.493. The molecule has 1 atom stereocenters. The van der Waals surface area contributed by atoms with Gasteiger partial charge in [0.25, 0.3) is 0 Å². The van der Waals surface area contributed by atoms with Gasteiger partial charge < -0.3 is 14.8 Å². The van der Waals surface area contributed by atoms with Crippen molar-refractivity contribution in [2.45, 2.75) is 25.4 Å². The second-order valence-corrected chi connectivity index (χ2v) is 4.77. The van der Waals surface area contributed by atoms with Crippen molar-refractivity contribution in [1.29, 1.82) is 0 Å². The van der Waals surface area contributed by atoms with Crippen LogP contribution in [-0.2, 0) is 16.1 Å². The normalized spacial score (nSPS) is 17.6. The highest BCUT2D eigenvalue weighted by Gasteiger charge is 2.29. The number of nitrogens with one attached hydrogen (secondary N) is 1. The SMILES string of the molecule is C=Cn1cc(CNC(=O)[C@@H]2CCCN2C=O)nc1C(=C)F. The molecule has 0 spiro atoms. The molecule has 21 heavy (non-hydrogen) atoms. The van der Waals surface area contributed by atoms with Crippen LogP contribution in [-0.4, -0.2) is 39.4 Å². The smallest absolute Gasteiger partial charge is 0.243 e. The minimum atomic E-state index is -0.671. The fraction of sp³-hybridized carbons (Fsp3) is 0.357. The Morgan fingerprint density at radius 1 is 1.62 bits per heavy atom. The minimum Gasteiger partial charge on any atom is -0.349 e. The average molecular weight is 292 g/mol. The average Bonchev–Trinajstić information content (AvgIpc) is 3.10. The van der Waals surface area contributed by atoms with E-state index in [0.717, 1.165) is 6.42 Å². The molecule has 0 saturated carbocycles. The summed E-state index contributed by atoms with van der Waals surface area (Å²) in [5.74, 6) is -0.839. The van der Waals surface area contributed by atoms with Crippen LogP contribution in [0.3, 0.4) is 0 Å². The monoisotopic (exact) mass is 292 g/mol. The van der Waals surface area contributed by atoms with Crippen LogP contribution in [0, 0.1) is 0 Å². The predicted octanol–water partition coefficient (Wildman–Crippen LogP) is 1.16. The van der Waals surface area contributed by atoms with E-state index in [1.165, 1.54) is 15.7 Å². The van der Waals surface area contributed by atoms with Crippen LogP contribution < -0.4 is 5.32 Å². The van der Waals surface area contributed by atoms with E-state index in [2.05, 4.69) is 23.5 Å². The van der Waals surface area contributed by atoms with Gasteiger partial charge in [-0.3, -0.25) is 9.59 Å². The van der Waals surface area contributed by atoms with Gasteiger partial charge in [-0.2, -0.15) is 0 Å². The van der Waals surface area contributed by atoms with Crippen LogP contribution in [0.1, 0.15) is 24.4 Å². The topological polar surface area (TPSA) is 67.2 Å². The van der Waals surface area contributed by atoms with Gasteiger partial charge in [0.2, 0.25) is 12.3 Å². The van der Waals surface area contributed by atoms with E-state index < -0.39 is 11.9 Å². The number of hydrogen-bond acceptors (Lipinski definition) is 3. The van der Waals surface area contributed by atoms with E-state index in [9.17, 15) is 14.0 Å². The summed E-state index contributed by atoms with van der Waals surface area (Å²) in [6, 6.07) is -0.431. The molecule has 2 rings (SSSR count). The van der Waals surface area contributed by atoms with E-state index in [1.54, 1.807) is 6.20 Å². The molecule has 1 aliphatic heterocycles. The van der Waals surface area contributed by atoms with Crippen molar-refractivity contribution in [3.05, 3.63) is 30.9 Å². The quantitative estimate of drug-likeness (QED) is 0.800. The van der Waals surface area contributed by atoms with Crippen LogP contribution >= 0.6 is 0 Å². The van der Waals surface area contributed by atoms with Gasteiger partial charge in [0.05, 0.1) is 12.2 Å². The Kier molecular flexibility index (Phi) is 4.52. The Morgan fingerprint density at radius 2 is 2.38 bits per heavy atom. The maximum absolute atomic E-state index is 13.2. The first-order valence-corrected chi connectivity index (χ1v) is 6.60. The molecule has 2 amide bonds. The summed E-state index contributed by atoms with van der Waals surface area (Å²) >= 11 is 0. The lowest BCUT2D eigenvalue weighted by atomic mass is 10.2. The number of amides is 2. The molecular weight excluding hydrogens is 275 g/mol. The largest absolute Gasteiger partial charge is 0.349 e. The number of aromatic nitrogens is 2. The van der Waals surface area contributed by atoms with Gasteiger partial charge in [-0.05, 0) is 12.8 Å². The van der Waals surface area contributed by atoms with Gasteiger partial charge in [0.15, 0.2) is 11.7 Å². The number of rotatable bonds is 6. The maximum Gasteiger partial charge on any atom is 0.243 e. The Balaban J connectivity index is 1.99. The van der Waals surface area contributed by atoms with Crippen LogP contribution in [0.4, 0.5) is 4.39 Å². The van der Waals surface area contributed by atoms with E-state index in [4.69, 9.17) is 0 Å². The molecular formula is C14H17FN4O2. The summed E-state index contributed by atoms with van der Waals surface area (Å²) < 4.78 is 14.6. The highest BCUT2D eigenvalue weighted by molar-refractivity contribution is 5.84. The van der Waals surface area contributed by atoms with Crippen molar-refractivity contribution in [3.63, 3.8) is 0 Å². The zero-order chi connectivity index (χ0) is 15.4. The lowest BCUT2D eigenvalue weighted by molar-refractivity contribution is -0.131. The maximum atomic E-state index is 13.2. The van der Waals surface area contributed by atoms with Crippen molar-refractivity contribution in [2.24, 2.45) is 0 Å². The Bertz CT molecular complexity index is 582. The summed E-state index contributed by atoms with van der Waals surface area (Å²) in [5, 5.41) is 2.71. The molecule has 1 N–H and O–H groups in total. The fourth-order valence-corrected chi connectivity index (χ4v) is 2.36. The minimum absolute atomic E-state index is 0.0598. The van der Waals surface area contributed by atoms with Gasteiger partial charge >= 0.3 is 0 Å². The lowest BCUT2D eigenvalue weighted by Crippen LogP contribution is -2.42. The van der Waals surface area contributed by atoms with Crippen molar-refractivity contribution >= 4 is 24.3 Å². The van der Waals surface area contributed by atoms with Crippen molar-refractivity contribution < 1.29 is 14.0 Å². The van der Waals surface area contributed by atoms with Crippen molar-refractivity contribution in [3.8, 4) is 0 Å². The Labute approximate surface area is 121 Å². The third-order valence-electron chi connectivity index (χ3n) is 3.40. The molecule has 1 aromatic rings. The van der Waals surface area contributed by atoms with Gasteiger partial charge in [-0.25, -0.2) is 9.37 Å². The Hall–Kier alpha value is -2.44. The highest BCUT2D eigenvalue weighted by Crippen LogP contribution is 2.16. The molecule has 7 heteroatoms. The van der Waals surface area contributed by atoms with E-state index in [1.807, 2.05) is 0 Å². The first kappa shape index (κ1) is 15.0. The summed E-state index contributed by atoms with van der Waals surface area (Å²) in [4.78, 5) is 28.4. The summed E-state index contributed by atoms with van der Waals surface area (Å²) in [6.45, 7) is 7.50. The number of hydrogen-bond donors (Lipinski definition) is 1. The van der Waals surface area contributed by atoms with E-state index >= 15 is 0 Å². The number of nitrogens with zero attached hydrogens (tertiary/aromatic N) is 3. The van der Waals surface area contributed by atoms with Gasteiger partial charge in [0, 0.05) is 18.9 Å². The number of carbonyl (C=O) groups is 2. The first-order chi connectivity index (χ1) is 10.1. The van der Waals surface area contributed by atoms with E-state index in [0.29, 0.717) is 25.1 Å². The zero-order valence-corrected chi connectivity index (χ0v) is 11.6. The third kappa shape index (κ3) is 3.18. The number of imidazole rings is 1. The van der Waals surface area contributed by atoms with Gasteiger partial charge in [-0.15, -0.1) is 0 Å². The number of carbonyl (C=O) groups excluding carboxylic acids is 2. The van der Waals surface area contributed by atoms with Crippen molar-refractivity contribution in [2.75, 3.05) is 6.54 Å². The third-order valence-corrected chi connectivity index (χ3v) is 3.40. The standard InChI is InChI=1S/C14H17FN4O2/c1-3-18-8-11(17-13(18)10(2)15)7-16-14(21)12-5-4-6-19(12)9-20/h3,8-9,12H,1-2,4-7H2,(H,16,21)/t12-/m0/s1. The van der Waals surface area contributed by atoms with Crippen LogP contribution in [0.5, 0.6) is 0 Å². The van der Waals surface area contributed by atoms with Crippen LogP contribution in [0.2, 0.25) is 0 Å². The van der Waals surface area contributed by atoms with Crippen LogP contribution in [0.25, 0.3) is 12.0 Å². The molecule has 1 aromatic heterocycles. The first-order valence-electron chi connectivity index (χ1n) is 6.60. The second-order valence-electron chi connectivity index (χ2n) is 4.77. The fourth-order valence-electron chi connectivity index (χ4n) is 2.36. The number of likely N-dealkylation sites (tertiary alicyclic amines) is 1.